The van der Waals surface area contributed by atoms with E-state index >= 15 is 0 Å². The van der Waals surface area contributed by atoms with E-state index in [1.807, 2.05) is 79.7 Å². The molecule has 1 aliphatic rings. The molecule has 5 heteroatoms. The summed E-state index contributed by atoms with van der Waals surface area (Å²) in [6, 6.07) is 18.0. The van der Waals surface area contributed by atoms with Crippen molar-refractivity contribution in [1.29, 1.82) is 0 Å². The number of carbonyl (C=O) groups is 1. The van der Waals surface area contributed by atoms with Gasteiger partial charge < -0.3 is 4.90 Å². The molecule has 0 aromatic heterocycles. The summed E-state index contributed by atoms with van der Waals surface area (Å²) in [5, 5.41) is 0. The molecular weight excluding hydrogens is 336 g/mol. The Bertz CT molecular complexity index is 783. The van der Waals surface area contributed by atoms with Crippen LogP contribution in [0.15, 0.2) is 59.5 Å². The average molecular weight is 354 g/mol. The van der Waals surface area contributed by atoms with Crippen molar-refractivity contribution in [3.63, 3.8) is 0 Å². The molecule has 1 amide bonds. The fraction of sp³-hybridized carbons (Fsp3) is 0.158. The highest BCUT2D eigenvalue weighted by Crippen LogP contribution is 2.33. The van der Waals surface area contributed by atoms with Crippen molar-refractivity contribution in [3.8, 4) is 0 Å². The summed E-state index contributed by atoms with van der Waals surface area (Å²) in [6.45, 7) is 0.516. The van der Waals surface area contributed by atoms with Crippen molar-refractivity contribution in [2.75, 3.05) is 19.0 Å². The summed E-state index contributed by atoms with van der Waals surface area (Å²) in [4.78, 5) is 17.0. The molecule has 24 heavy (non-hydrogen) atoms. The number of rotatable bonds is 4. The Balaban J connectivity index is 1.78. The predicted molar refractivity (Wildman–Crippen MR) is 106 cm³/mol. The Hall–Kier alpha value is -2.11. The first-order valence-corrected chi connectivity index (χ1v) is 8.84. The minimum absolute atomic E-state index is 0.0226. The van der Waals surface area contributed by atoms with Gasteiger partial charge in [0.05, 0.1) is 11.4 Å². The SMILES string of the molecule is CN(C)c1ccc(/C=C2\SC(=S)N(Cc3ccccc3)C2=O)cc1. The molecule has 0 radical (unpaired) electrons. The number of anilines is 1. The van der Waals surface area contributed by atoms with E-state index in [1.165, 1.54) is 11.8 Å². The quantitative estimate of drug-likeness (QED) is 0.608. The molecule has 2 aromatic carbocycles. The predicted octanol–water partition coefficient (Wildman–Crippen LogP) is 4.15. The second kappa shape index (κ2) is 7.20. The van der Waals surface area contributed by atoms with Crippen LogP contribution in [0.2, 0.25) is 0 Å². The Labute approximate surface area is 152 Å². The van der Waals surface area contributed by atoms with Crippen molar-refractivity contribution in [2.24, 2.45) is 0 Å². The highest BCUT2D eigenvalue weighted by Gasteiger charge is 2.31. The van der Waals surface area contributed by atoms with Crippen LogP contribution in [0.5, 0.6) is 0 Å². The maximum Gasteiger partial charge on any atom is 0.266 e. The van der Waals surface area contributed by atoms with Gasteiger partial charge in [-0.3, -0.25) is 9.69 Å². The Morgan fingerprint density at radius 1 is 1.08 bits per heavy atom. The fourth-order valence-corrected chi connectivity index (χ4v) is 3.68. The molecule has 0 N–H and O–H groups in total. The van der Waals surface area contributed by atoms with Crippen molar-refractivity contribution in [2.45, 2.75) is 6.54 Å². The summed E-state index contributed by atoms with van der Waals surface area (Å²) in [7, 11) is 4.01. The van der Waals surface area contributed by atoms with E-state index in [0.717, 1.165) is 16.8 Å². The summed E-state index contributed by atoms with van der Waals surface area (Å²) < 4.78 is 0.611. The van der Waals surface area contributed by atoms with Crippen LogP contribution in [-0.4, -0.2) is 29.2 Å². The van der Waals surface area contributed by atoms with Gasteiger partial charge in [-0.05, 0) is 29.3 Å². The highest BCUT2D eigenvalue weighted by molar-refractivity contribution is 8.26. The third-order valence-electron chi connectivity index (χ3n) is 3.76. The molecule has 1 heterocycles. The normalized spacial score (nSPS) is 16.1. The van der Waals surface area contributed by atoms with E-state index in [4.69, 9.17) is 12.2 Å². The molecule has 0 atom stereocenters. The van der Waals surface area contributed by atoms with Crippen molar-refractivity contribution < 1.29 is 4.79 Å². The van der Waals surface area contributed by atoms with Crippen LogP contribution >= 0.6 is 24.0 Å². The summed E-state index contributed by atoms with van der Waals surface area (Å²) in [6.07, 6.45) is 1.91. The van der Waals surface area contributed by atoms with Gasteiger partial charge in [-0.2, -0.15) is 0 Å². The lowest BCUT2D eigenvalue weighted by Gasteiger charge is -2.14. The van der Waals surface area contributed by atoms with Crippen LogP contribution in [0.3, 0.4) is 0 Å². The number of carbonyl (C=O) groups excluding carboxylic acids is 1. The third-order valence-corrected chi connectivity index (χ3v) is 5.14. The fourth-order valence-electron chi connectivity index (χ4n) is 2.42. The summed E-state index contributed by atoms with van der Waals surface area (Å²) >= 11 is 6.75. The number of nitrogens with zero attached hydrogens (tertiary/aromatic N) is 2. The number of benzene rings is 2. The van der Waals surface area contributed by atoms with E-state index in [1.54, 1.807) is 4.90 Å². The van der Waals surface area contributed by atoms with Gasteiger partial charge in [0.2, 0.25) is 0 Å². The van der Waals surface area contributed by atoms with Gasteiger partial charge in [-0.25, -0.2) is 0 Å². The maximum absolute atomic E-state index is 12.6. The number of amides is 1. The molecule has 0 aliphatic carbocycles. The van der Waals surface area contributed by atoms with E-state index in [9.17, 15) is 4.79 Å². The van der Waals surface area contributed by atoms with Crippen molar-refractivity contribution in [1.82, 2.24) is 4.90 Å². The number of thiocarbonyl (C=S) groups is 1. The largest absolute Gasteiger partial charge is 0.378 e. The van der Waals surface area contributed by atoms with E-state index in [-0.39, 0.29) is 5.91 Å². The van der Waals surface area contributed by atoms with Gasteiger partial charge in [0.25, 0.3) is 5.91 Å². The van der Waals surface area contributed by atoms with Crippen LogP contribution < -0.4 is 4.90 Å². The lowest BCUT2D eigenvalue weighted by Crippen LogP contribution is -2.27. The molecule has 0 saturated carbocycles. The van der Waals surface area contributed by atoms with Crippen molar-refractivity contribution >= 4 is 46.0 Å². The Kier molecular flexibility index (Phi) is 5.02. The van der Waals surface area contributed by atoms with Crippen LogP contribution in [0, 0.1) is 0 Å². The average Bonchev–Trinajstić information content (AvgIpc) is 2.84. The van der Waals surface area contributed by atoms with Crippen LogP contribution in [0.25, 0.3) is 6.08 Å². The van der Waals surface area contributed by atoms with Gasteiger partial charge >= 0.3 is 0 Å². The van der Waals surface area contributed by atoms with Gasteiger partial charge in [-0.1, -0.05) is 66.4 Å². The molecule has 122 valence electrons. The maximum atomic E-state index is 12.6. The Morgan fingerprint density at radius 3 is 2.38 bits per heavy atom. The zero-order chi connectivity index (χ0) is 17.1. The van der Waals surface area contributed by atoms with Crippen molar-refractivity contribution in [3.05, 3.63) is 70.6 Å². The lowest BCUT2D eigenvalue weighted by molar-refractivity contribution is -0.122. The topological polar surface area (TPSA) is 23.6 Å². The summed E-state index contributed by atoms with van der Waals surface area (Å²) in [5.74, 6) is -0.0226. The molecule has 3 nitrogen and oxygen atoms in total. The number of hydrogen-bond acceptors (Lipinski definition) is 4. The van der Waals surface area contributed by atoms with Gasteiger partial charge in [0.15, 0.2) is 0 Å². The lowest BCUT2D eigenvalue weighted by atomic mass is 10.1. The molecule has 1 saturated heterocycles. The van der Waals surface area contributed by atoms with Crippen LogP contribution in [0.4, 0.5) is 5.69 Å². The molecule has 1 fully saturated rings. The van der Waals surface area contributed by atoms with Gasteiger partial charge in [0.1, 0.15) is 4.32 Å². The third kappa shape index (κ3) is 3.68. The van der Waals surface area contributed by atoms with Crippen LogP contribution in [0.1, 0.15) is 11.1 Å². The first-order valence-electron chi connectivity index (χ1n) is 7.61. The zero-order valence-corrected chi connectivity index (χ0v) is 15.2. The zero-order valence-electron chi connectivity index (χ0n) is 13.6. The molecule has 0 bridgehead atoms. The molecule has 3 rings (SSSR count). The molecule has 0 spiro atoms. The molecule has 2 aromatic rings. The first-order chi connectivity index (χ1) is 11.5. The molecule has 0 unspecified atom stereocenters. The molecule has 1 aliphatic heterocycles. The van der Waals surface area contributed by atoms with Gasteiger partial charge in [-0.15, -0.1) is 0 Å². The van der Waals surface area contributed by atoms with Crippen LogP contribution in [-0.2, 0) is 11.3 Å². The second-order valence-electron chi connectivity index (χ2n) is 5.74. The number of hydrogen-bond donors (Lipinski definition) is 0. The monoisotopic (exact) mass is 354 g/mol. The van der Waals surface area contributed by atoms with E-state index < -0.39 is 0 Å². The minimum atomic E-state index is -0.0226. The second-order valence-corrected chi connectivity index (χ2v) is 7.42. The highest BCUT2D eigenvalue weighted by atomic mass is 32.2. The Morgan fingerprint density at radius 2 is 1.75 bits per heavy atom. The van der Waals surface area contributed by atoms with E-state index in [2.05, 4.69) is 0 Å². The van der Waals surface area contributed by atoms with E-state index in [0.29, 0.717) is 15.8 Å². The minimum Gasteiger partial charge on any atom is -0.378 e. The smallest absolute Gasteiger partial charge is 0.266 e. The van der Waals surface area contributed by atoms with Gasteiger partial charge in [0, 0.05) is 19.8 Å². The standard InChI is InChI=1S/C19H18N2OS2/c1-20(2)16-10-8-14(9-11-16)12-17-18(22)21(19(23)24-17)13-15-6-4-3-5-7-15/h3-12H,13H2,1-2H3/b17-12-. The number of thioether (sulfide) groups is 1. The molecular formula is C19H18N2OS2. The summed E-state index contributed by atoms with van der Waals surface area (Å²) in [5.41, 5.74) is 3.20. The first kappa shape index (κ1) is 16.7.